The average molecular weight is 311 g/mol. The van der Waals surface area contributed by atoms with Crippen molar-refractivity contribution >= 4 is 17.7 Å². The van der Waals surface area contributed by atoms with E-state index in [2.05, 4.69) is 22.0 Å². The van der Waals surface area contributed by atoms with Crippen LogP contribution in [0, 0.1) is 0 Å². The molecule has 1 N–H and O–H groups in total. The van der Waals surface area contributed by atoms with Crippen LogP contribution in [0.4, 0.5) is 0 Å². The van der Waals surface area contributed by atoms with Crippen molar-refractivity contribution in [1.29, 1.82) is 0 Å². The summed E-state index contributed by atoms with van der Waals surface area (Å²) in [5.41, 5.74) is 0. The number of amides is 1. The van der Waals surface area contributed by atoms with E-state index in [1.807, 2.05) is 11.8 Å². The van der Waals surface area contributed by atoms with Crippen molar-refractivity contribution in [2.75, 3.05) is 38.5 Å². The number of carbonyl (C=O) groups excluding carboxylic acids is 1. The van der Waals surface area contributed by atoms with Crippen LogP contribution in [0.15, 0.2) is 0 Å². The molecule has 0 saturated carbocycles. The number of rotatable bonds is 3. The monoisotopic (exact) mass is 311 g/mol. The van der Waals surface area contributed by atoms with Gasteiger partial charge in [-0.3, -0.25) is 9.69 Å². The summed E-state index contributed by atoms with van der Waals surface area (Å²) in [4.78, 5) is 17.4. The molecular formula is C16H29N3OS. The van der Waals surface area contributed by atoms with Crippen molar-refractivity contribution in [2.24, 2.45) is 0 Å². The van der Waals surface area contributed by atoms with E-state index in [4.69, 9.17) is 0 Å². The lowest BCUT2D eigenvalue weighted by molar-refractivity contribution is -0.135. The van der Waals surface area contributed by atoms with Gasteiger partial charge in [0.25, 0.3) is 0 Å². The summed E-state index contributed by atoms with van der Waals surface area (Å²) in [6.07, 6.45) is 6.37. The molecule has 0 bridgehead atoms. The number of thioether (sulfide) groups is 1. The zero-order valence-corrected chi connectivity index (χ0v) is 14.0. The number of nitrogens with zero attached hydrogens (tertiary/aromatic N) is 2. The number of fused-ring (bicyclic) bond motifs is 1. The Morgan fingerprint density at radius 3 is 2.81 bits per heavy atom. The molecular weight excluding hydrogens is 282 g/mol. The number of hydrogen-bond donors (Lipinski definition) is 1. The highest BCUT2D eigenvalue weighted by Gasteiger charge is 2.35. The van der Waals surface area contributed by atoms with E-state index in [1.54, 1.807) is 0 Å². The fraction of sp³-hybridized carbons (Fsp3) is 0.938. The van der Waals surface area contributed by atoms with Gasteiger partial charge in [-0.1, -0.05) is 6.42 Å². The van der Waals surface area contributed by atoms with E-state index in [1.165, 1.54) is 38.6 Å². The van der Waals surface area contributed by atoms with Crippen molar-refractivity contribution in [3.63, 3.8) is 0 Å². The van der Waals surface area contributed by atoms with E-state index in [9.17, 15) is 4.79 Å². The molecule has 3 aliphatic heterocycles. The molecule has 3 aliphatic rings. The summed E-state index contributed by atoms with van der Waals surface area (Å²) in [7, 11) is 0. The first-order chi connectivity index (χ1) is 10.2. The molecule has 0 aromatic heterocycles. The molecule has 0 spiro atoms. The molecule has 3 rings (SSSR count). The van der Waals surface area contributed by atoms with E-state index in [0.717, 1.165) is 26.2 Å². The van der Waals surface area contributed by atoms with Crippen LogP contribution in [0.5, 0.6) is 0 Å². The molecule has 0 aromatic carbocycles. The van der Waals surface area contributed by atoms with Gasteiger partial charge in [0, 0.05) is 30.4 Å². The molecule has 21 heavy (non-hydrogen) atoms. The highest BCUT2D eigenvalue weighted by Crippen LogP contribution is 2.26. The summed E-state index contributed by atoms with van der Waals surface area (Å²) >= 11 is 1.89. The fourth-order valence-corrected chi connectivity index (χ4v) is 5.05. The van der Waals surface area contributed by atoms with Crippen LogP contribution in [0.1, 0.15) is 39.0 Å². The Morgan fingerprint density at radius 1 is 1.19 bits per heavy atom. The van der Waals surface area contributed by atoms with Crippen LogP contribution in [-0.4, -0.2) is 71.5 Å². The van der Waals surface area contributed by atoms with Crippen LogP contribution in [-0.2, 0) is 4.79 Å². The summed E-state index contributed by atoms with van der Waals surface area (Å²) in [6, 6.07) is 1.02. The predicted octanol–water partition coefficient (Wildman–Crippen LogP) is 1.56. The van der Waals surface area contributed by atoms with Gasteiger partial charge in [-0.2, -0.15) is 0 Å². The maximum Gasteiger partial charge on any atom is 0.232 e. The summed E-state index contributed by atoms with van der Waals surface area (Å²) in [5.74, 6) is 1.05. The molecule has 4 nitrogen and oxygen atoms in total. The van der Waals surface area contributed by atoms with Crippen LogP contribution in [0.25, 0.3) is 0 Å². The Balaban J connectivity index is 1.49. The molecule has 2 atom stereocenters. The van der Waals surface area contributed by atoms with Gasteiger partial charge in [-0.25, -0.2) is 0 Å². The minimum atomic E-state index is 0.372. The molecule has 0 aliphatic carbocycles. The Kier molecular flexibility index (Phi) is 5.46. The lowest BCUT2D eigenvalue weighted by atomic mass is 9.97. The van der Waals surface area contributed by atoms with E-state index < -0.39 is 0 Å². The Hall–Kier alpha value is -0.260. The molecule has 3 saturated heterocycles. The fourth-order valence-electron chi connectivity index (χ4n) is 3.93. The second-order valence-electron chi connectivity index (χ2n) is 6.80. The lowest BCUT2D eigenvalue weighted by Crippen LogP contribution is -2.60. The smallest absolute Gasteiger partial charge is 0.232 e. The van der Waals surface area contributed by atoms with Crippen molar-refractivity contribution in [3.8, 4) is 0 Å². The highest BCUT2D eigenvalue weighted by atomic mass is 32.2. The molecule has 3 heterocycles. The van der Waals surface area contributed by atoms with Gasteiger partial charge in [-0.05, 0) is 52.2 Å². The van der Waals surface area contributed by atoms with E-state index in [0.29, 0.717) is 29.0 Å². The van der Waals surface area contributed by atoms with E-state index in [-0.39, 0.29) is 0 Å². The number of hydrogen-bond acceptors (Lipinski definition) is 4. The maximum absolute atomic E-state index is 12.6. The van der Waals surface area contributed by atoms with Gasteiger partial charge in [0.2, 0.25) is 5.91 Å². The summed E-state index contributed by atoms with van der Waals surface area (Å²) < 4.78 is 0. The second kappa shape index (κ2) is 7.34. The predicted molar refractivity (Wildman–Crippen MR) is 88.7 cm³/mol. The van der Waals surface area contributed by atoms with Gasteiger partial charge in [0.05, 0.1) is 5.75 Å². The molecule has 120 valence electrons. The van der Waals surface area contributed by atoms with Crippen LogP contribution >= 0.6 is 11.8 Å². The number of piperazine rings is 1. The Bertz CT molecular complexity index is 359. The third kappa shape index (κ3) is 3.93. The number of piperidine rings is 2. The first-order valence-electron chi connectivity index (χ1n) is 8.60. The van der Waals surface area contributed by atoms with Gasteiger partial charge in [0.1, 0.15) is 0 Å². The maximum atomic E-state index is 12.6. The van der Waals surface area contributed by atoms with Crippen LogP contribution < -0.4 is 5.32 Å². The molecule has 1 amide bonds. The van der Waals surface area contributed by atoms with Gasteiger partial charge >= 0.3 is 0 Å². The van der Waals surface area contributed by atoms with Crippen LogP contribution in [0.3, 0.4) is 0 Å². The first kappa shape index (κ1) is 15.6. The van der Waals surface area contributed by atoms with Gasteiger partial charge in [0.15, 0.2) is 0 Å². The van der Waals surface area contributed by atoms with Crippen molar-refractivity contribution in [2.45, 2.75) is 56.4 Å². The normalized spacial score (nSPS) is 32.0. The van der Waals surface area contributed by atoms with Gasteiger partial charge < -0.3 is 10.2 Å². The minimum Gasteiger partial charge on any atom is -0.336 e. The van der Waals surface area contributed by atoms with E-state index >= 15 is 0 Å². The average Bonchev–Trinajstić information content (AvgIpc) is 2.53. The Morgan fingerprint density at radius 2 is 2.00 bits per heavy atom. The third-order valence-corrected chi connectivity index (χ3v) is 6.59. The summed E-state index contributed by atoms with van der Waals surface area (Å²) in [6.45, 7) is 7.73. The highest BCUT2D eigenvalue weighted by molar-refractivity contribution is 8.00. The second-order valence-corrected chi connectivity index (χ2v) is 8.09. The number of nitrogens with one attached hydrogen (secondary N) is 1. The lowest BCUT2D eigenvalue weighted by Gasteiger charge is -2.47. The molecule has 3 fully saturated rings. The zero-order valence-electron chi connectivity index (χ0n) is 13.2. The molecule has 5 heteroatoms. The van der Waals surface area contributed by atoms with Gasteiger partial charge in [-0.15, -0.1) is 11.8 Å². The number of carbonyl (C=O) groups is 1. The van der Waals surface area contributed by atoms with Crippen LogP contribution in [0.2, 0.25) is 0 Å². The molecule has 2 unspecified atom stereocenters. The molecule has 0 radical (unpaired) electrons. The Labute approximate surface area is 133 Å². The third-order valence-electron chi connectivity index (χ3n) is 5.24. The quantitative estimate of drug-likeness (QED) is 0.858. The van der Waals surface area contributed by atoms with Crippen molar-refractivity contribution < 1.29 is 4.79 Å². The zero-order chi connectivity index (χ0) is 14.7. The van der Waals surface area contributed by atoms with Crippen molar-refractivity contribution in [3.05, 3.63) is 0 Å². The minimum absolute atomic E-state index is 0.372. The SMILES string of the molecule is CC1CN2CCCCC2CN1C(=O)CSC1CCNCC1. The molecule has 0 aromatic rings. The van der Waals surface area contributed by atoms with Crippen molar-refractivity contribution in [1.82, 2.24) is 15.1 Å². The largest absolute Gasteiger partial charge is 0.336 e. The first-order valence-corrected chi connectivity index (χ1v) is 9.65. The summed E-state index contributed by atoms with van der Waals surface area (Å²) in [5, 5.41) is 4.07. The topological polar surface area (TPSA) is 35.6 Å². The standard InChI is InChI=1S/C16H29N3OS/c1-13-10-18-9-3-2-4-14(18)11-19(13)16(20)12-21-15-5-7-17-8-6-15/h13-15,17H,2-12H2,1H3.